The molecule has 0 amide bonds. The van der Waals surface area contributed by atoms with E-state index in [1.807, 2.05) is 0 Å². The van der Waals surface area contributed by atoms with Crippen molar-refractivity contribution in [3.05, 3.63) is 39.6 Å². The number of benzene rings is 1. The molecule has 0 aliphatic heterocycles. The monoisotopic (exact) mass is 322 g/mol. The van der Waals surface area contributed by atoms with Gasteiger partial charge in [0.2, 0.25) is 0 Å². The topological polar surface area (TPSA) is 103 Å². The molecule has 0 aliphatic carbocycles. The molecule has 9 heteroatoms. The average molecular weight is 323 g/mol. The lowest BCUT2D eigenvalue weighted by atomic mass is 10.1. The van der Waals surface area contributed by atoms with Crippen LogP contribution < -0.4 is 0 Å². The predicted octanol–water partition coefficient (Wildman–Crippen LogP) is 2.26. The standard InChI is InChI=1S/C10H8Cl2N2O4S/c11-6-2-1-5(3-7-8(15)4-13-14-7)10(9(6)12)19(16,17)18/h1-2,4,15H,3H2,(H,13,14)(H,16,17,18). The Morgan fingerprint density at radius 1 is 1.32 bits per heavy atom. The Bertz CT molecular complexity index is 727. The molecule has 0 aliphatic rings. The van der Waals surface area contributed by atoms with Crippen LogP contribution in [0.25, 0.3) is 0 Å². The number of aromatic amines is 1. The van der Waals surface area contributed by atoms with E-state index in [0.717, 1.165) is 0 Å². The molecule has 0 radical (unpaired) electrons. The number of hydrogen-bond donors (Lipinski definition) is 3. The maximum Gasteiger partial charge on any atom is 0.296 e. The summed E-state index contributed by atoms with van der Waals surface area (Å²) in [6, 6.07) is 2.80. The second kappa shape index (κ2) is 5.01. The number of nitrogens with zero attached hydrogens (tertiary/aromatic N) is 1. The van der Waals surface area contributed by atoms with Crippen LogP contribution in [-0.2, 0) is 16.5 Å². The van der Waals surface area contributed by atoms with Gasteiger partial charge in [0.1, 0.15) is 4.90 Å². The third-order valence-electron chi connectivity index (χ3n) is 2.45. The van der Waals surface area contributed by atoms with Crippen LogP contribution in [0.4, 0.5) is 0 Å². The zero-order valence-corrected chi connectivity index (χ0v) is 11.6. The normalized spacial score (nSPS) is 11.7. The highest BCUT2D eigenvalue weighted by Gasteiger charge is 2.22. The maximum absolute atomic E-state index is 11.4. The summed E-state index contributed by atoms with van der Waals surface area (Å²) in [5.41, 5.74) is 0.486. The maximum atomic E-state index is 11.4. The Balaban J connectivity index is 2.59. The molecule has 2 aromatic rings. The van der Waals surface area contributed by atoms with Crippen molar-refractivity contribution in [1.82, 2.24) is 10.2 Å². The Hall–Kier alpha value is -1.28. The lowest BCUT2D eigenvalue weighted by Crippen LogP contribution is -2.05. The van der Waals surface area contributed by atoms with Crippen molar-refractivity contribution < 1.29 is 18.1 Å². The van der Waals surface area contributed by atoms with Gasteiger partial charge in [-0.2, -0.15) is 13.5 Å². The second-order valence-corrected chi connectivity index (χ2v) is 5.88. The lowest BCUT2D eigenvalue weighted by molar-refractivity contribution is 0.468. The van der Waals surface area contributed by atoms with E-state index in [1.165, 1.54) is 18.3 Å². The van der Waals surface area contributed by atoms with Gasteiger partial charge in [-0.25, -0.2) is 0 Å². The number of hydrogen-bond acceptors (Lipinski definition) is 4. The summed E-state index contributed by atoms with van der Waals surface area (Å²) < 4.78 is 31.9. The first-order valence-corrected chi connectivity index (χ1v) is 7.16. The summed E-state index contributed by atoms with van der Waals surface area (Å²) >= 11 is 11.5. The van der Waals surface area contributed by atoms with Crippen LogP contribution in [0.3, 0.4) is 0 Å². The minimum absolute atomic E-state index is 0.00214. The molecule has 1 heterocycles. The zero-order valence-electron chi connectivity index (χ0n) is 9.26. The van der Waals surface area contributed by atoms with Crippen LogP contribution in [0, 0.1) is 0 Å². The van der Waals surface area contributed by atoms with Gasteiger partial charge < -0.3 is 5.11 Å². The van der Waals surface area contributed by atoms with Crippen molar-refractivity contribution in [3.8, 4) is 5.75 Å². The van der Waals surface area contributed by atoms with Crippen molar-refractivity contribution in [2.75, 3.05) is 0 Å². The first-order valence-electron chi connectivity index (χ1n) is 4.96. The van der Waals surface area contributed by atoms with E-state index in [4.69, 9.17) is 23.2 Å². The average Bonchev–Trinajstić information content (AvgIpc) is 2.68. The number of aromatic nitrogens is 2. The fraction of sp³-hybridized carbons (Fsp3) is 0.100. The minimum Gasteiger partial charge on any atom is -0.504 e. The van der Waals surface area contributed by atoms with Gasteiger partial charge in [0.15, 0.2) is 5.75 Å². The number of halogens is 2. The highest BCUT2D eigenvalue weighted by Crippen LogP contribution is 2.33. The van der Waals surface area contributed by atoms with Gasteiger partial charge in [-0.1, -0.05) is 29.3 Å². The van der Waals surface area contributed by atoms with E-state index >= 15 is 0 Å². The molecule has 6 nitrogen and oxygen atoms in total. The van der Waals surface area contributed by atoms with Crippen LogP contribution in [-0.4, -0.2) is 28.3 Å². The summed E-state index contributed by atoms with van der Waals surface area (Å²) in [7, 11) is -4.53. The van der Waals surface area contributed by atoms with Gasteiger partial charge >= 0.3 is 0 Å². The summed E-state index contributed by atoms with van der Waals surface area (Å²) in [6.07, 6.45) is 1.18. The molecule has 0 atom stereocenters. The molecule has 0 unspecified atom stereocenters. The fourth-order valence-electron chi connectivity index (χ4n) is 1.62. The summed E-state index contributed by atoms with van der Waals surface area (Å²) in [4.78, 5) is -0.476. The van der Waals surface area contributed by atoms with E-state index in [0.29, 0.717) is 5.69 Å². The molecule has 102 valence electrons. The molecular formula is C10H8Cl2N2O4S. The number of nitrogens with one attached hydrogen (secondary N) is 1. The van der Waals surface area contributed by atoms with Gasteiger partial charge in [-0.05, 0) is 11.6 Å². The van der Waals surface area contributed by atoms with Gasteiger partial charge in [0.25, 0.3) is 10.1 Å². The second-order valence-electron chi connectivity index (χ2n) is 3.74. The number of rotatable bonds is 3. The molecule has 0 spiro atoms. The van der Waals surface area contributed by atoms with Gasteiger partial charge in [-0.15, -0.1) is 0 Å². The third kappa shape index (κ3) is 2.84. The van der Waals surface area contributed by atoms with Crippen LogP contribution in [0.15, 0.2) is 23.2 Å². The first kappa shape index (κ1) is 14.1. The Kier molecular flexibility index (Phi) is 3.73. The molecule has 0 saturated heterocycles. The minimum atomic E-state index is -4.53. The quantitative estimate of drug-likeness (QED) is 0.752. The van der Waals surface area contributed by atoms with Crippen molar-refractivity contribution in [3.63, 3.8) is 0 Å². The van der Waals surface area contributed by atoms with E-state index < -0.39 is 15.0 Å². The molecule has 0 bridgehead atoms. The van der Waals surface area contributed by atoms with E-state index in [2.05, 4.69) is 10.2 Å². The van der Waals surface area contributed by atoms with E-state index in [-0.39, 0.29) is 27.8 Å². The number of H-pyrrole nitrogens is 1. The molecule has 3 N–H and O–H groups in total. The smallest absolute Gasteiger partial charge is 0.296 e. The van der Waals surface area contributed by atoms with Crippen LogP contribution in [0.2, 0.25) is 10.0 Å². The van der Waals surface area contributed by atoms with E-state index in [1.54, 1.807) is 0 Å². The first-order chi connectivity index (χ1) is 8.80. The lowest BCUT2D eigenvalue weighted by Gasteiger charge is -2.09. The molecule has 0 fully saturated rings. The Labute approximate surface area is 118 Å². The summed E-state index contributed by atoms with van der Waals surface area (Å²) in [5.74, 6) is -0.118. The molecule has 19 heavy (non-hydrogen) atoms. The van der Waals surface area contributed by atoms with Crippen LogP contribution >= 0.6 is 23.2 Å². The molecule has 0 saturated carbocycles. The molecular weight excluding hydrogens is 315 g/mol. The predicted molar refractivity (Wildman–Crippen MR) is 69.3 cm³/mol. The Morgan fingerprint density at radius 2 is 2.00 bits per heavy atom. The van der Waals surface area contributed by atoms with Crippen molar-refractivity contribution in [1.29, 1.82) is 0 Å². The molecule has 2 rings (SSSR count). The van der Waals surface area contributed by atoms with Gasteiger partial charge in [-0.3, -0.25) is 9.65 Å². The highest BCUT2D eigenvalue weighted by molar-refractivity contribution is 7.86. The van der Waals surface area contributed by atoms with Crippen molar-refractivity contribution in [2.45, 2.75) is 11.3 Å². The SMILES string of the molecule is O=S(=O)(O)c1c(Cc2[nH]ncc2O)ccc(Cl)c1Cl. The zero-order chi connectivity index (χ0) is 14.2. The van der Waals surface area contributed by atoms with Crippen molar-refractivity contribution >= 4 is 33.3 Å². The molecule has 1 aromatic carbocycles. The van der Waals surface area contributed by atoms with Gasteiger partial charge in [0, 0.05) is 6.42 Å². The van der Waals surface area contributed by atoms with Gasteiger partial charge in [0.05, 0.1) is 21.9 Å². The largest absolute Gasteiger partial charge is 0.504 e. The molecule has 1 aromatic heterocycles. The Morgan fingerprint density at radius 3 is 2.53 bits per heavy atom. The fourth-order valence-corrected chi connectivity index (χ4v) is 3.12. The summed E-state index contributed by atoms with van der Waals surface area (Å²) in [6.45, 7) is 0. The van der Waals surface area contributed by atoms with Crippen LogP contribution in [0.5, 0.6) is 5.75 Å². The highest BCUT2D eigenvalue weighted by atomic mass is 35.5. The third-order valence-corrected chi connectivity index (χ3v) is 4.35. The van der Waals surface area contributed by atoms with Crippen LogP contribution in [0.1, 0.15) is 11.3 Å². The number of aromatic hydroxyl groups is 1. The summed E-state index contributed by atoms with van der Waals surface area (Å²) in [5, 5.41) is 15.3. The van der Waals surface area contributed by atoms with Crippen molar-refractivity contribution in [2.24, 2.45) is 0 Å². The van der Waals surface area contributed by atoms with E-state index in [9.17, 15) is 18.1 Å².